The molecule has 0 bridgehead atoms. The van der Waals surface area contributed by atoms with Crippen molar-refractivity contribution in [1.29, 1.82) is 0 Å². The van der Waals surface area contributed by atoms with Gasteiger partial charge in [0.1, 0.15) is 11.6 Å². The number of phenols is 1. The standard InChI is InChI=1S/C15H21N3O/c1-12(17-11-15-16-9-10-18(15)2)3-4-13-5-7-14(19)8-6-13/h5-10,12,17,19H,3-4,11H2,1-2H3. The molecule has 2 rings (SSSR count). The molecular formula is C15H21N3O. The largest absolute Gasteiger partial charge is 0.508 e. The van der Waals surface area contributed by atoms with Crippen molar-refractivity contribution in [3.05, 3.63) is 48.0 Å². The minimum atomic E-state index is 0.324. The molecule has 4 heteroatoms. The first-order chi connectivity index (χ1) is 9.15. The van der Waals surface area contributed by atoms with Crippen molar-refractivity contribution in [2.45, 2.75) is 32.4 Å². The minimum absolute atomic E-state index is 0.324. The van der Waals surface area contributed by atoms with Crippen LogP contribution in [-0.4, -0.2) is 20.7 Å². The quantitative estimate of drug-likeness (QED) is 0.836. The Bertz CT molecular complexity index is 504. The highest BCUT2D eigenvalue weighted by Crippen LogP contribution is 2.12. The van der Waals surface area contributed by atoms with Crippen molar-refractivity contribution in [3.8, 4) is 5.75 Å². The van der Waals surface area contributed by atoms with Gasteiger partial charge in [-0.3, -0.25) is 0 Å². The van der Waals surface area contributed by atoms with E-state index in [-0.39, 0.29) is 0 Å². The maximum absolute atomic E-state index is 9.23. The summed E-state index contributed by atoms with van der Waals surface area (Å²) in [5, 5.41) is 12.7. The van der Waals surface area contributed by atoms with E-state index in [9.17, 15) is 5.11 Å². The summed E-state index contributed by atoms with van der Waals surface area (Å²) in [6.45, 7) is 2.98. The Hall–Kier alpha value is -1.81. The van der Waals surface area contributed by atoms with Crippen LogP contribution in [0, 0.1) is 0 Å². The van der Waals surface area contributed by atoms with Crippen molar-refractivity contribution in [3.63, 3.8) is 0 Å². The molecule has 0 saturated heterocycles. The van der Waals surface area contributed by atoms with Crippen molar-refractivity contribution < 1.29 is 5.11 Å². The van der Waals surface area contributed by atoms with E-state index < -0.39 is 0 Å². The van der Waals surface area contributed by atoms with Gasteiger partial charge in [-0.15, -0.1) is 0 Å². The third-order valence-electron chi connectivity index (χ3n) is 3.33. The number of aromatic nitrogens is 2. The number of nitrogens with one attached hydrogen (secondary N) is 1. The van der Waals surface area contributed by atoms with Gasteiger partial charge in [-0.1, -0.05) is 12.1 Å². The zero-order valence-electron chi connectivity index (χ0n) is 11.5. The molecule has 0 saturated carbocycles. The molecule has 2 N–H and O–H groups in total. The topological polar surface area (TPSA) is 50.1 Å². The van der Waals surface area contributed by atoms with Crippen LogP contribution in [0.5, 0.6) is 5.75 Å². The molecule has 19 heavy (non-hydrogen) atoms. The van der Waals surface area contributed by atoms with E-state index in [2.05, 4.69) is 17.2 Å². The average molecular weight is 259 g/mol. The Balaban J connectivity index is 1.74. The maximum atomic E-state index is 9.23. The van der Waals surface area contributed by atoms with Crippen LogP contribution in [0.2, 0.25) is 0 Å². The molecular weight excluding hydrogens is 238 g/mol. The molecule has 0 radical (unpaired) electrons. The van der Waals surface area contributed by atoms with Crippen LogP contribution in [0.1, 0.15) is 24.7 Å². The molecule has 1 aromatic carbocycles. The van der Waals surface area contributed by atoms with Crippen molar-refractivity contribution >= 4 is 0 Å². The van der Waals surface area contributed by atoms with Crippen LogP contribution in [0.4, 0.5) is 0 Å². The van der Waals surface area contributed by atoms with Gasteiger partial charge in [-0.25, -0.2) is 4.98 Å². The molecule has 0 spiro atoms. The number of hydrogen-bond acceptors (Lipinski definition) is 3. The Kier molecular flexibility index (Phi) is 4.58. The normalized spacial score (nSPS) is 12.5. The number of aromatic hydroxyl groups is 1. The molecule has 0 fully saturated rings. The SMILES string of the molecule is CC(CCc1ccc(O)cc1)NCc1nccn1C. The second-order valence-electron chi connectivity index (χ2n) is 4.94. The summed E-state index contributed by atoms with van der Waals surface area (Å²) in [5.41, 5.74) is 1.25. The van der Waals surface area contributed by atoms with E-state index >= 15 is 0 Å². The summed E-state index contributed by atoms with van der Waals surface area (Å²) in [5.74, 6) is 1.38. The number of benzene rings is 1. The highest BCUT2D eigenvalue weighted by Gasteiger charge is 2.04. The minimum Gasteiger partial charge on any atom is -0.508 e. The van der Waals surface area contributed by atoms with E-state index in [0.29, 0.717) is 11.8 Å². The molecule has 0 aliphatic heterocycles. The molecule has 0 amide bonds. The highest BCUT2D eigenvalue weighted by atomic mass is 16.3. The van der Waals surface area contributed by atoms with E-state index in [1.165, 1.54) is 5.56 Å². The Morgan fingerprint density at radius 3 is 2.68 bits per heavy atom. The molecule has 1 unspecified atom stereocenters. The first kappa shape index (κ1) is 13.6. The molecule has 1 aromatic heterocycles. The van der Waals surface area contributed by atoms with Crippen LogP contribution in [-0.2, 0) is 20.0 Å². The lowest BCUT2D eigenvalue weighted by molar-refractivity contribution is 0.474. The molecule has 0 aliphatic carbocycles. The number of phenolic OH excluding ortho intramolecular Hbond substituents is 1. The molecule has 4 nitrogen and oxygen atoms in total. The average Bonchev–Trinajstić information content (AvgIpc) is 2.81. The van der Waals surface area contributed by atoms with E-state index in [0.717, 1.165) is 25.2 Å². The zero-order valence-corrected chi connectivity index (χ0v) is 11.5. The first-order valence-corrected chi connectivity index (χ1v) is 6.62. The molecule has 102 valence electrons. The van der Waals surface area contributed by atoms with Gasteiger partial charge in [-0.05, 0) is 37.5 Å². The lowest BCUT2D eigenvalue weighted by atomic mass is 10.1. The van der Waals surface area contributed by atoms with Crippen molar-refractivity contribution in [2.75, 3.05) is 0 Å². The predicted molar refractivity (Wildman–Crippen MR) is 75.9 cm³/mol. The van der Waals surface area contributed by atoms with E-state index in [4.69, 9.17) is 0 Å². The monoisotopic (exact) mass is 259 g/mol. The second-order valence-corrected chi connectivity index (χ2v) is 4.94. The fourth-order valence-electron chi connectivity index (χ4n) is 1.98. The molecule has 1 atom stereocenters. The first-order valence-electron chi connectivity index (χ1n) is 6.62. The smallest absolute Gasteiger partial charge is 0.122 e. The van der Waals surface area contributed by atoms with Gasteiger partial charge in [0.15, 0.2) is 0 Å². The van der Waals surface area contributed by atoms with Crippen molar-refractivity contribution in [1.82, 2.24) is 14.9 Å². The molecule has 1 heterocycles. The molecule has 0 aliphatic rings. The summed E-state index contributed by atoms with van der Waals surface area (Å²) in [7, 11) is 2.01. The van der Waals surface area contributed by atoms with Gasteiger partial charge in [0.25, 0.3) is 0 Å². The summed E-state index contributed by atoms with van der Waals surface area (Å²) < 4.78 is 2.03. The summed E-state index contributed by atoms with van der Waals surface area (Å²) in [4.78, 5) is 4.29. The number of aryl methyl sites for hydroxylation is 2. The van der Waals surface area contributed by atoms with Gasteiger partial charge < -0.3 is 15.0 Å². The Morgan fingerprint density at radius 2 is 2.05 bits per heavy atom. The van der Waals surface area contributed by atoms with Gasteiger partial charge in [-0.2, -0.15) is 0 Å². The highest BCUT2D eigenvalue weighted by molar-refractivity contribution is 5.25. The lowest BCUT2D eigenvalue weighted by Crippen LogP contribution is -2.27. The summed E-state index contributed by atoms with van der Waals surface area (Å²) >= 11 is 0. The van der Waals surface area contributed by atoms with Crippen molar-refractivity contribution in [2.24, 2.45) is 7.05 Å². The second kappa shape index (κ2) is 6.38. The predicted octanol–water partition coefficient (Wildman–Crippen LogP) is 2.24. The Morgan fingerprint density at radius 1 is 1.32 bits per heavy atom. The number of rotatable bonds is 6. The van der Waals surface area contributed by atoms with Crippen LogP contribution in [0.15, 0.2) is 36.7 Å². The molecule has 2 aromatic rings. The fourth-order valence-corrected chi connectivity index (χ4v) is 1.98. The van der Waals surface area contributed by atoms with Gasteiger partial charge >= 0.3 is 0 Å². The van der Waals surface area contributed by atoms with Gasteiger partial charge in [0, 0.05) is 25.5 Å². The Labute approximate surface area is 114 Å². The van der Waals surface area contributed by atoms with E-state index in [1.54, 1.807) is 12.1 Å². The fraction of sp³-hybridized carbons (Fsp3) is 0.400. The lowest BCUT2D eigenvalue weighted by Gasteiger charge is -2.13. The van der Waals surface area contributed by atoms with Crippen LogP contribution in [0.25, 0.3) is 0 Å². The zero-order chi connectivity index (χ0) is 13.7. The third-order valence-corrected chi connectivity index (χ3v) is 3.33. The summed E-state index contributed by atoms with van der Waals surface area (Å²) in [6, 6.07) is 7.86. The van der Waals surface area contributed by atoms with Crippen LogP contribution >= 0.6 is 0 Å². The summed E-state index contributed by atoms with van der Waals surface area (Å²) in [6.07, 6.45) is 5.85. The maximum Gasteiger partial charge on any atom is 0.122 e. The van der Waals surface area contributed by atoms with Crippen LogP contribution in [0.3, 0.4) is 0 Å². The van der Waals surface area contributed by atoms with Gasteiger partial charge in [0.05, 0.1) is 6.54 Å². The number of hydrogen-bond donors (Lipinski definition) is 2. The number of nitrogens with zero attached hydrogens (tertiary/aromatic N) is 2. The third kappa shape index (κ3) is 4.10. The van der Waals surface area contributed by atoms with Gasteiger partial charge in [0.2, 0.25) is 0 Å². The van der Waals surface area contributed by atoms with E-state index in [1.807, 2.05) is 36.1 Å². The number of imidazole rings is 1. The van der Waals surface area contributed by atoms with Crippen LogP contribution < -0.4 is 5.32 Å².